The zero-order chi connectivity index (χ0) is 19.1. The van der Waals surface area contributed by atoms with Crippen LogP contribution < -0.4 is 11.0 Å². The van der Waals surface area contributed by atoms with Gasteiger partial charge >= 0.3 is 11.9 Å². The van der Waals surface area contributed by atoms with Crippen molar-refractivity contribution >= 4 is 35.0 Å². The summed E-state index contributed by atoms with van der Waals surface area (Å²) in [5.41, 5.74) is -1.76. The van der Waals surface area contributed by atoms with Crippen molar-refractivity contribution in [2.75, 3.05) is 5.32 Å². The first-order valence-corrected chi connectivity index (χ1v) is 8.93. The van der Waals surface area contributed by atoms with E-state index in [1.807, 2.05) is 0 Å². The Labute approximate surface area is 155 Å². The molecule has 140 valence electrons. The van der Waals surface area contributed by atoms with Gasteiger partial charge in [-0.1, -0.05) is 23.4 Å². The second kappa shape index (κ2) is 6.99. The van der Waals surface area contributed by atoms with Crippen molar-refractivity contribution in [2.24, 2.45) is 0 Å². The molecule has 1 amide bonds. The largest absolute Gasteiger partial charge is 0.418 e. The molecule has 1 atom stereocenters. The molecule has 1 aromatic heterocycles. The van der Waals surface area contributed by atoms with Crippen LogP contribution in [0.25, 0.3) is 0 Å². The quantitative estimate of drug-likeness (QED) is 0.742. The third kappa shape index (κ3) is 4.07. The lowest BCUT2D eigenvalue weighted by atomic mass is 10.1. The van der Waals surface area contributed by atoms with Crippen molar-refractivity contribution < 1.29 is 18.0 Å². The number of alkyl halides is 3. The Hall–Kier alpha value is -1.94. The molecule has 1 aliphatic rings. The summed E-state index contributed by atoms with van der Waals surface area (Å²) in [6.07, 6.45) is -2.95. The van der Waals surface area contributed by atoms with E-state index >= 15 is 0 Å². The number of hydrogen-bond donors (Lipinski definition) is 2. The lowest BCUT2D eigenvalue weighted by molar-refractivity contribution is -0.137. The van der Waals surface area contributed by atoms with Crippen molar-refractivity contribution in [2.45, 2.75) is 42.4 Å². The summed E-state index contributed by atoms with van der Waals surface area (Å²) in [5.74, 6) is -0.638. The van der Waals surface area contributed by atoms with Gasteiger partial charge in [-0.25, -0.2) is 9.89 Å². The maximum absolute atomic E-state index is 13.1. The third-order valence-corrected chi connectivity index (χ3v) is 5.08. The van der Waals surface area contributed by atoms with Gasteiger partial charge in [0.05, 0.1) is 16.5 Å². The Morgan fingerprint density at radius 3 is 2.77 bits per heavy atom. The van der Waals surface area contributed by atoms with Crippen LogP contribution in [0.15, 0.2) is 28.2 Å². The summed E-state index contributed by atoms with van der Waals surface area (Å²) < 4.78 is 40.8. The van der Waals surface area contributed by atoms with Crippen LogP contribution in [0.2, 0.25) is 5.02 Å². The molecular weight excluding hydrogens is 393 g/mol. The number of benzene rings is 1. The van der Waals surface area contributed by atoms with E-state index in [1.165, 1.54) is 17.6 Å². The van der Waals surface area contributed by atoms with Gasteiger partial charge < -0.3 is 5.32 Å². The van der Waals surface area contributed by atoms with E-state index in [-0.39, 0.29) is 22.4 Å². The average molecular weight is 407 g/mol. The molecule has 1 heterocycles. The summed E-state index contributed by atoms with van der Waals surface area (Å²) >= 11 is 6.63. The summed E-state index contributed by atoms with van der Waals surface area (Å²) in [7, 11) is 0. The molecule has 0 spiro atoms. The highest BCUT2D eigenvalue weighted by Crippen LogP contribution is 2.38. The molecule has 11 heteroatoms. The highest BCUT2D eigenvalue weighted by Gasteiger charge is 2.35. The number of carbonyl (C=O) groups excluding carboxylic acids is 1. The number of H-pyrrole nitrogens is 1. The van der Waals surface area contributed by atoms with Gasteiger partial charge in [0.2, 0.25) is 5.91 Å². The topological polar surface area (TPSA) is 79.8 Å². The standard InChI is InChI=1S/C15H14ClF3N4O2S/c1-7(26-14-22-21-13(25)23(14)9-3-4-9)12(24)20-11-5-2-8(16)6-10(11)15(17,18)19/h2,5-7,9H,3-4H2,1H3,(H,20,24)(H,21,25)/t7-/m1/s1. The first-order valence-electron chi connectivity index (χ1n) is 7.68. The zero-order valence-corrected chi connectivity index (χ0v) is 15.0. The van der Waals surface area contributed by atoms with E-state index in [4.69, 9.17) is 11.6 Å². The van der Waals surface area contributed by atoms with E-state index in [0.29, 0.717) is 5.16 Å². The number of nitrogens with one attached hydrogen (secondary N) is 2. The van der Waals surface area contributed by atoms with Gasteiger partial charge in [-0.05, 0) is 38.0 Å². The lowest BCUT2D eigenvalue weighted by Gasteiger charge is -2.16. The molecule has 0 bridgehead atoms. The predicted octanol–water partition coefficient (Wildman–Crippen LogP) is 3.70. The third-order valence-electron chi connectivity index (χ3n) is 3.78. The molecule has 2 N–H and O–H groups in total. The Kier molecular flexibility index (Phi) is 5.07. The molecule has 0 unspecified atom stereocenters. The van der Waals surface area contributed by atoms with Gasteiger partial charge in [-0.3, -0.25) is 9.36 Å². The van der Waals surface area contributed by atoms with Crippen LogP contribution in [-0.2, 0) is 11.0 Å². The average Bonchev–Trinajstić information content (AvgIpc) is 3.32. The van der Waals surface area contributed by atoms with Crippen LogP contribution in [0.3, 0.4) is 0 Å². The Bertz CT molecular complexity index is 892. The molecule has 0 radical (unpaired) electrons. The van der Waals surface area contributed by atoms with E-state index < -0.39 is 22.9 Å². The number of anilines is 1. The molecule has 1 aliphatic carbocycles. The summed E-state index contributed by atoms with van der Waals surface area (Å²) in [4.78, 5) is 24.1. The normalized spacial score (nSPS) is 15.7. The van der Waals surface area contributed by atoms with E-state index in [2.05, 4.69) is 15.5 Å². The summed E-state index contributed by atoms with van der Waals surface area (Å²) in [6, 6.07) is 3.19. The number of rotatable bonds is 5. The molecule has 1 saturated carbocycles. The van der Waals surface area contributed by atoms with Crippen molar-refractivity contribution in [3.8, 4) is 0 Å². The van der Waals surface area contributed by atoms with Crippen LogP contribution in [-0.4, -0.2) is 25.9 Å². The molecule has 0 saturated heterocycles. The number of nitrogens with zero attached hydrogens (tertiary/aromatic N) is 2. The second-order valence-electron chi connectivity index (χ2n) is 5.85. The van der Waals surface area contributed by atoms with Crippen molar-refractivity contribution in [1.29, 1.82) is 0 Å². The molecule has 1 fully saturated rings. The molecule has 6 nitrogen and oxygen atoms in total. The predicted molar refractivity (Wildman–Crippen MR) is 91.5 cm³/mol. The fraction of sp³-hybridized carbons (Fsp3) is 0.400. The number of halogens is 4. The van der Waals surface area contributed by atoms with E-state index in [9.17, 15) is 22.8 Å². The number of thioether (sulfide) groups is 1. The monoisotopic (exact) mass is 406 g/mol. The minimum Gasteiger partial charge on any atom is -0.325 e. The fourth-order valence-corrected chi connectivity index (χ4v) is 3.43. The number of aromatic amines is 1. The highest BCUT2D eigenvalue weighted by atomic mass is 35.5. The van der Waals surface area contributed by atoms with Crippen LogP contribution in [0.1, 0.15) is 31.4 Å². The summed E-state index contributed by atoms with van der Waals surface area (Å²) in [5, 5.41) is 7.98. The van der Waals surface area contributed by atoms with Gasteiger partial charge in [0.25, 0.3) is 0 Å². The molecule has 0 aliphatic heterocycles. The Morgan fingerprint density at radius 1 is 1.46 bits per heavy atom. The van der Waals surface area contributed by atoms with E-state index in [1.54, 1.807) is 0 Å². The highest BCUT2D eigenvalue weighted by molar-refractivity contribution is 8.00. The maximum Gasteiger partial charge on any atom is 0.418 e. The van der Waals surface area contributed by atoms with Crippen LogP contribution >= 0.6 is 23.4 Å². The lowest BCUT2D eigenvalue weighted by Crippen LogP contribution is -2.25. The van der Waals surface area contributed by atoms with Gasteiger partial charge in [-0.15, -0.1) is 5.10 Å². The van der Waals surface area contributed by atoms with Gasteiger partial charge in [0.1, 0.15) is 0 Å². The van der Waals surface area contributed by atoms with Crippen molar-refractivity contribution in [3.63, 3.8) is 0 Å². The zero-order valence-electron chi connectivity index (χ0n) is 13.4. The molecule has 2 aromatic rings. The van der Waals surface area contributed by atoms with Crippen LogP contribution in [0, 0.1) is 0 Å². The minimum atomic E-state index is -4.65. The first kappa shape index (κ1) is 18.8. The first-order chi connectivity index (χ1) is 12.2. The fourth-order valence-electron chi connectivity index (χ4n) is 2.33. The number of carbonyl (C=O) groups is 1. The Balaban J connectivity index is 1.75. The van der Waals surface area contributed by atoms with Crippen molar-refractivity contribution in [3.05, 3.63) is 39.3 Å². The van der Waals surface area contributed by atoms with Crippen LogP contribution in [0.5, 0.6) is 0 Å². The number of aromatic nitrogens is 3. The van der Waals surface area contributed by atoms with Crippen LogP contribution in [0.4, 0.5) is 18.9 Å². The minimum absolute atomic E-state index is 0.0621. The van der Waals surface area contributed by atoms with Gasteiger partial charge in [-0.2, -0.15) is 13.2 Å². The number of hydrogen-bond acceptors (Lipinski definition) is 4. The van der Waals surface area contributed by atoms with E-state index in [0.717, 1.165) is 36.7 Å². The SMILES string of the molecule is C[C@@H](Sc1n[nH]c(=O)n1C1CC1)C(=O)Nc1ccc(Cl)cc1C(F)(F)F. The summed E-state index contributed by atoms with van der Waals surface area (Å²) in [6.45, 7) is 1.53. The van der Waals surface area contributed by atoms with Gasteiger partial charge in [0.15, 0.2) is 5.16 Å². The second-order valence-corrected chi connectivity index (χ2v) is 7.59. The smallest absolute Gasteiger partial charge is 0.325 e. The number of amides is 1. The maximum atomic E-state index is 13.1. The molecular formula is C15H14ClF3N4O2S. The molecule has 3 rings (SSSR count). The van der Waals surface area contributed by atoms with Gasteiger partial charge in [0, 0.05) is 11.1 Å². The molecule has 1 aromatic carbocycles. The Morgan fingerprint density at radius 2 is 2.15 bits per heavy atom. The molecule has 26 heavy (non-hydrogen) atoms. The van der Waals surface area contributed by atoms with Crippen molar-refractivity contribution in [1.82, 2.24) is 14.8 Å².